The van der Waals surface area contributed by atoms with E-state index in [1.165, 1.54) is 7.11 Å². The van der Waals surface area contributed by atoms with E-state index in [4.69, 9.17) is 9.47 Å². The monoisotopic (exact) mass is 468 g/mol. The number of hydrogen-bond acceptors (Lipinski definition) is 5. The zero-order valence-corrected chi connectivity index (χ0v) is 19.7. The molecule has 0 fully saturated rings. The molecule has 0 bridgehead atoms. The maximum absolute atomic E-state index is 12.4. The lowest BCUT2D eigenvalue weighted by atomic mass is 9.98. The average molecular weight is 469 g/mol. The summed E-state index contributed by atoms with van der Waals surface area (Å²) < 4.78 is 10.8. The van der Waals surface area contributed by atoms with E-state index in [-0.39, 0.29) is 31.4 Å². The van der Waals surface area contributed by atoms with Crippen LogP contribution in [-0.4, -0.2) is 55.5 Å². The third-order valence-electron chi connectivity index (χ3n) is 5.90. The number of aliphatic carboxylic acids is 1. The molecule has 0 spiro atoms. The van der Waals surface area contributed by atoms with E-state index < -0.39 is 30.1 Å². The first-order valence-corrected chi connectivity index (χ1v) is 11.4. The van der Waals surface area contributed by atoms with Crippen LogP contribution in [0, 0.1) is 5.92 Å². The molecule has 1 aliphatic rings. The summed E-state index contributed by atoms with van der Waals surface area (Å²) in [5.74, 6) is -1.45. The normalized spacial score (nSPS) is 14.1. The van der Waals surface area contributed by atoms with Gasteiger partial charge in [0.1, 0.15) is 12.6 Å². The van der Waals surface area contributed by atoms with Gasteiger partial charge in [0, 0.05) is 19.6 Å². The van der Waals surface area contributed by atoms with Gasteiger partial charge in [0.15, 0.2) is 0 Å². The molecule has 34 heavy (non-hydrogen) atoms. The number of carboxylic acid groups (broad SMARTS) is 1. The Morgan fingerprint density at radius 1 is 1.00 bits per heavy atom. The number of carbonyl (C=O) groups excluding carboxylic acids is 2. The van der Waals surface area contributed by atoms with Gasteiger partial charge in [0.2, 0.25) is 5.91 Å². The first-order chi connectivity index (χ1) is 16.3. The van der Waals surface area contributed by atoms with E-state index in [2.05, 4.69) is 22.8 Å². The van der Waals surface area contributed by atoms with Crippen LogP contribution in [0.3, 0.4) is 0 Å². The lowest BCUT2D eigenvalue weighted by Gasteiger charge is -2.20. The molecule has 8 nitrogen and oxygen atoms in total. The van der Waals surface area contributed by atoms with Gasteiger partial charge in [-0.05, 0) is 34.6 Å². The molecule has 0 aromatic heterocycles. The average Bonchev–Trinajstić information content (AvgIpc) is 3.13. The second-order valence-electron chi connectivity index (χ2n) is 8.86. The van der Waals surface area contributed by atoms with Gasteiger partial charge in [-0.3, -0.25) is 4.79 Å². The number of alkyl carbamates (subject to hydrolysis) is 1. The van der Waals surface area contributed by atoms with Crippen LogP contribution in [0.5, 0.6) is 0 Å². The van der Waals surface area contributed by atoms with E-state index in [1.54, 1.807) is 0 Å². The first kappa shape index (κ1) is 25.2. The van der Waals surface area contributed by atoms with Crippen molar-refractivity contribution >= 4 is 18.0 Å². The summed E-state index contributed by atoms with van der Waals surface area (Å²) in [5.41, 5.74) is 4.54. The smallest absolute Gasteiger partial charge is 0.407 e. The SMILES string of the molecule is COC(CNC(=O)OCC1c2ccccc2-c2ccccc21)CC(=O)NC(CC(C)C)C(=O)O. The molecule has 1 aliphatic carbocycles. The third kappa shape index (κ3) is 6.35. The van der Waals surface area contributed by atoms with Crippen LogP contribution in [0.4, 0.5) is 4.79 Å². The number of methoxy groups -OCH3 is 1. The van der Waals surface area contributed by atoms with Crippen molar-refractivity contribution in [1.82, 2.24) is 10.6 Å². The molecule has 0 heterocycles. The van der Waals surface area contributed by atoms with Crippen molar-refractivity contribution < 1.29 is 29.0 Å². The predicted octanol–water partition coefficient (Wildman–Crippen LogP) is 3.55. The van der Waals surface area contributed by atoms with Gasteiger partial charge in [-0.1, -0.05) is 62.4 Å². The van der Waals surface area contributed by atoms with Gasteiger partial charge < -0.3 is 25.2 Å². The maximum atomic E-state index is 12.4. The van der Waals surface area contributed by atoms with Crippen molar-refractivity contribution in [1.29, 1.82) is 0 Å². The lowest BCUT2D eigenvalue weighted by molar-refractivity contribution is -0.142. The summed E-state index contributed by atoms with van der Waals surface area (Å²) in [5, 5.41) is 14.4. The van der Waals surface area contributed by atoms with Crippen LogP contribution in [0.15, 0.2) is 48.5 Å². The van der Waals surface area contributed by atoms with Gasteiger partial charge >= 0.3 is 12.1 Å². The minimum Gasteiger partial charge on any atom is -0.480 e. The Bertz CT molecular complexity index is 976. The highest BCUT2D eigenvalue weighted by molar-refractivity contribution is 5.84. The minimum atomic E-state index is -1.08. The largest absolute Gasteiger partial charge is 0.480 e. The van der Waals surface area contributed by atoms with E-state index in [0.29, 0.717) is 6.42 Å². The van der Waals surface area contributed by atoms with Crippen LogP contribution < -0.4 is 10.6 Å². The number of amides is 2. The van der Waals surface area contributed by atoms with Crippen molar-refractivity contribution in [2.75, 3.05) is 20.3 Å². The molecule has 3 N–H and O–H groups in total. The minimum absolute atomic E-state index is 0.0453. The van der Waals surface area contributed by atoms with Gasteiger partial charge in [0.05, 0.1) is 12.5 Å². The summed E-state index contributed by atoms with van der Waals surface area (Å²) >= 11 is 0. The molecule has 2 amide bonds. The molecule has 2 atom stereocenters. The quantitative estimate of drug-likeness (QED) is 0.465. The number of fused-ring (bicyclic) bond motifs is 3. The summed E-state index contributed by atoms with van der Waals surface area (Å²) in [6.45, 7) is 4.02. The fraction of sp³-hybridized carbons (Fsp3) is 0.423. The van der Waals surface area contributed by atoms with E-state index >= 15 is 0 Å². The summed E-state index contributed by atoms with van der Waals surface area (Å²) in [4.78, 5) is 36.0. The van der Waals surface area contributed by atoms with Gasteiger partial charge in [0.25, 0.3) is 0 Å². The fourth-order valence-electron chi connectivity index (χ4n) is 4.24. The van der Waals surface area contributed by atoms with Gasteiger partial charge in [-0.25, -0.2) is 9.59 Å². The Balaban J connectivity index is 1.50. The zero-order valence-electron chi connectivity index (χ0n) is 19.7. The molecule has 0 radical (unpaired) electrons. The molecule has 2 aromatic rings. The van der Waals surface area contributed by atoms with Crippen molar-refractivity contribution in [2.24, 2.45) is 5.92 Å². The van der Waals surface area contributed by atoms with Gasteiger partial charge in [-0.2, -0.15) is 0 Å². The van der Waals surface area contributed by atoms with Crippen LogP contribution >= 0.6 is 0 Å². The highest BCUT2D eigenvalue weighted by atomic mass is 16.5. The highest BCUT2D eigenvalue weighted by Gasteiger charge is 2.29. The topological polar surface area (TPSA) is 114 Å². The number of carboxylic acids is 1. The second kappa shape index (κ2) is 11.7. The number of rotatable bonds is 11. The van der Waals surface area contributed by atoms with E-state index in [9.17, 15) is 19.5 Å². The Labute approximate surface area is 199 Å². The highest BCUT2D eigenvalue weighted by Crippen LogP contribution is 2.44. The van der Waals surface area contributed by atoms with Crippen molar-refractivity contribution in [3.05, 3.63) is 59.7 Å². The number of ether oxygens (including phenoxy) is 2. The zero-order chi connectivity index (χ0) is 24.7. The molecule has 182 valence electrons. The molecular weight excluding hydrogens is 436 g/mol. The van der Waals surface area contributed by atoms with Crippen molar-refractivity contribution in [3.8, 4) is 11.1 Å². The number of nitrogens with one attached hydrogen (secondary N) is 2. The first-order valence-electron chi connectivity index (χ1n) is 11.4. The number of hydrogen-bond donors (Lipinski definition) is 3. The molecule has 0 saturated carbocycles. The van der Waals surface area contributed by atoms with E-state index in [0.717, 1.165) is 22.3 Å². The Morgan fingerprint density at radius 2 is 1.59 bits per heavy atom. The molecule has 0 saturated heterocycles. The molecule has 8 heteroatoms. The third-order valence-corrected chi connectivity index (χ3v) is 5.90. The second-order valence-corrected chi connectivity index (χ2v) is 8.86. The molecule has 3 rings (SSSR count). The molecule has 2 unspecified atom stereocenters. The van der Waals surface area contributed by atoms with Crippen LogP contribution in [0.2, 0.25) is 0 Å². The van der Waals surface area contributed by atoms with Crippen LogP contribution in [0.1, 0.15) is 43.7 Å². The number of carbonyl (C=O) groups is 3. The van der Waals surface area contributed by atoms with Crippen molar-refractivity contribution in [2.45, 2.75) is 44.8 Å². The van der Waals surface area contributed by atoms with Crippen LogP contribution in [0.25, 0.3) is 11.1 Å². The summed E-state index contributed by atoms with van der Waals surface area (Å²) in [6.07, 6.45) is -0.972. The summed E-state index contributed by atoms with van der Waals surface area (Å²) in [6, 6.07) is 15.2. The maximum Gasteiger partial charge on any atom is 0.407 e. The standard InChI is InChI=1S/C26H32N2O6/c1-16(2)12-23(25(30)31)28-24(29)13-17(33-3)14-27-26(32)34-15-22-20-10-6-4-8-18(20)19-9-5-7-11-21(19)22/h4-11,16-17,22-23H,12-15H2,1-3H3,(H,27,32)(H,28,29)(H,30,31). The Hall–Kier alpha value is -3.39. The summed E-state index contributed by atoms with van der Waals surface area (Å²) in [7, 11) is 1.43. The molecule has 2 aromatic carbocycles. The molecule has 0 aliphatic heterocycles. The lowest BCUT2D eigenvalue weighted by Crippen LogP contribution is -2.44. The van der Waals surface area contributed by atoms with Crippen molar-refractivity contribution in [3.63, 3.8) is 0 Å². The van der Waals surface area contributed by atoms with Crippen LogP contribution in [-0.2, 0) is 19.1 Å². The Kier molecular flexibility index (Phi) is 8.65. The Morgan fingerprint density at radius 3 is 2.12 bits per heavy atom. The fourth-order valence-corrected chi connectivity index (χ4v) is 4.24. The van der Waals surface area contributed by atoms with E-state index in [1.807, 2.05) is 50.2 Å². The molecular formula is C26H32N2O6. The van der Waals surface area contributed by atoms with Gasteiger partial charge in [-0.15, -0.1) is 0 Å². The predicted molar refractivity (Wildman–Crippen MR) is 128 cm³/mol. The number of benzene rings is 2.